The van der Waals surface area contributed by atoms with Gasteiger partial charge in [0.15, 0.2) is 0 Å². The number of aromatic nitrogens is 4. The van der Waals surface area contributed by atoms with E-state index in [4.69, 9.17) is 25.8 Å². The second-order valence-electron chi connectivity index (χ2n) is 13.3. The van der Waals surface area contributed by atoms with E-state index in [2.05, 4.69) is 50.7 Å². The van der Waals surface area contributed by atoms with Crippen molar-refractivity contribution < 1.29 is 24.1 Å². The molecule has 1 aliphatic heterocycles. The molecule has 0 saturated carbocycles. The molecule has 1 aliphatic rings. The van der Waals surface area contributed by atoms with Gasteiger partial charge in [0.2, 0.25) is 12.0 Å². The molecule has 2 aromatic carbocycles. The number of para-hydroxylation sites is 1. The van der Waals surface area contributed by atoms with Crippen molar-refractivity contribution >= 4 is 39.1 Å². The normalized spacial score (nSPS) is 14.1. The van der Waals surface area contributed by atoms with Crippen LogP contribution in [0, 0.1) is 18.8 Å². The fourth-order valence-electron chi connectivity index (χ4n) is 6.38. The predicted octanol–water partition coefficient (Wildman–Crippen LogP) is 7.36. The molecule has 13 heteroatoms. The number of carboxylic acid groups (broad SMARTS) is 1. The fourth-order valence-corrected chi connectivity index (χ4v) is 7.62. The van der Waals surface area contributed by atoms with Crippen molar-refractivity contribution in [3.8, 4) is 40.3 Å². The zero-order valence-corrected chi connectivity index (χ0v) is 32.9. The minimum atomic E-state index is -1.28. The predicted molar refractivity (Wildman–Crippen MR) is 213 cm³/mol. The van der Waals surface area contributed by atoms with E-state index in [9.17, 15) is 9.90 Å². The number of fused-ring (bicyclic) bond motifs is 1. The molecule has 1 fully saturated rings. The number of thiophene rings is 1. The van der Waals surface area contributed by atoms with Gasteiger partial charge >= 0.3 is 5.97 Å². The number of likely N-dealkylation sites (N-methyl/N-ethyl adjacent to an activating group) is 1. The number of hydrogen-bond acceptors (Lipinski definition) is 10. The molecule has 0 radical (unpaired) electrons. The maximum atomic E-state index is 12.8. The highest BCUT2D eigenvalue weighted by Gasteiger charge is 2.28. The van der Waals surface area contributed by atoms with Gasteiger partial charge in [0.25, 0.3) is 0 Å². The second-order valence-corrected chi connectivity index (χ2v) is 14.7. The van der Waals surface area contributed by atoms with Gasteiger partial charge < -0.3 is 24.2 Å². The van der Waals surface area contributed by atoms with Crippen molar-refractivity contribution in [2.75, 3.05) is 46.4 Å². The van der Waals surface area contributed by atoms with Crippen LogP contribution in [-0.4, -0.2) is 93.1 Å². The van der Waals surface area contributed by atoms with Gasteiger partial charge in [0.1, 0.15) is 35.9 Å². The van der Waals surface area contributed by atoms with E-state index in [1.807, 2.05) is 61.0 Å². The van der Waals surface area contributed by atoms with Crippen molar-refractivity contribution in [3.63, 3.8) is 0 Å². The smallest absolute Gasteiger partial charge is 0.345 e. The van der Waals surface area contributed by atoms with Gasteiger partial charge in [-0.25, -0.2) is 14.8 Å². The average Bonchev–Trinajstić information content (AvgIpc) is 3.79. The molecule has 0 spiro atoms. The van der Waals surface area contributed by atoms with Gasteiger partial charge in [-0.05, 0) is 55.3 Å². The number of ether oxygens (including phenoxy) is 3. The van der Waals surface area contributed by atoms with Gasteiger partial charge in [-0.3, -0.25) is 9.58 Å². The van der Waals surface area contributed by atoms with Crippen molar-refractivity contribution in [2.24, 2.45) is 0 Å². The van der Waals surface area contributed by atoms with E-state index in [1.54, 1.807) is 6.20 Å². The first-order chi connectivity index (χ1) is 26.3. The Morgan fingerprint density at radius 2 is 1.85 bits per heavy atom. The van der Waals surface area contributed by atoms with E-state index in [-0.39, 0.29) is 12.3 Å². The van der Waals surface area contributed by atoms with Crippen LogP contribution in [0.2, 0.25) is 5.02 Å². The molecular formula is C41H47ClN6O5S. The highest BCUT2D eigenvalue weighted by molar-refractivity contribution is 7.19. The summed E-state index contributed by atoms with van der Waals surface area (Å²) in [5, 5.41) is 16.0. The minimum absolute atomic E-state index is 0.0408. The zero-order valence-electron chi connectivity index (χ0n) is 31.3. The summed E-state index contributed by atoms with van der Waals surface area (Å²) in [6, 6.07) is 13.2. The van der Waals surface area contributed by atoms with Crippen LogP contribution in [0.25, 0.3) is 21.3 Å². The zero-order chi connectivity index (χ0) is 38.0. The molecule has 11 nitrogen and oxygen atoms in total. The van der Waals surface area contributed by atoms with E-state index in [0.717, 1.165) is 79.4 Å². The first kappa shape index (κ1) is 39.0. The summed E-state index contributed by atoms with van der Waals surface area (Å²) in [6.45, 7) is 12.7. The first-order valence-corrected chi connectivity index (χ1v) is 19.7. The van der Waals surface area contributed by atoms with Gasteiger partial charge in [-0.2, -0.15) is 5.10 Å². The van der Waals surface area contributed by atoms with Crippen molar-refractivity contribution in [1.82, 2.24) is 29.5 Å². The Balaban J connectivity index is 1.27. The van der Waals surface area contributed by atoms with Crippen LogP contribution in [0.1, 0.15) is 54.8 Å². The molecule has 0 amide bonds. The van der Waals surface area contributed by atoms with Crippen molar-refractivity contribution in [3.05, 3.63) is 81.7 Å². The van der Waals surface area contributed by atoms with Crippen LogP contribution >= 0.6 is 22.9 Å². The Hall–Kier alpha value is -4.67. The monoisotopic (exact) mass is 770 g/mol. The van der Waals surface area contributed by atoms with Crippen molar-refractivity contribution in [2.45, 2.75) is 65.7 Å². The summed E-state index contributed by atoms with van der Waals surface area (Å²) in [5.74, 6) is 6.70. The summed E-state index contributed by atoms with van der Waals surface area (Å²) in [4.78, 5) is 28.0. The van der Waals surface area contributed by atoms with Crippen LogP contribution in [-0.2, 0) is 24.4 Å². The maximum absolute atomic E-state index is 12.8. The molecule has 1 saturated heterocycles. The van der Waals surface area contributed by atoms with Gasteiger partial charge in [0, 0.05) is 63.9 Å². The third-order valence-electron chi connectivity index (χ3n) is 9.52. The molecule has 0 aliphatic carbocycles. The van der Waals surface area contributed by atoms with Crippen molar-refractivity contribution in [1.29, 1.82) is 0 Å². The van der Waals surface area contributed by atoms with Gasteiger partial charge in [-0.1, -0.05) is 68.0 Å². The number of carboxylic acids is 1. The number of carbonyl (C=O) groups is 1. The first-order valence-electron chi connectivity index (χ1n) is 18.5. The van der Waals surface area contributed by atoms with Crippen LogP contribution < -0.4 is 14.2 Å². The summed E-state index contributed by atoms with van der Waals surface area (Å²) in [6.07, 6.45) is 4.66. The summed E-state index contributed by atoms with van der Waals surface area (Å²) in [7, 11) is 2.14. The van der Waals surface area contributed by atoms with Crippen LogP contribution in [0.4, 0.5) is 0 Å². The standard InChI is InChI=1S/C41H47ClN6O5S/c1-5-7-13-35-36(31-14-15-33(38(42)28(31)3)51-24-23-47-21-19-46(4)20-22-47)37-39(43-27-44-40(37)54-35)53-34(41(49)50)25-29-11-9-10-12-32(29)52-26-30-16-17-45-48(30)18-8-6-2/h9-12,14-17,27,34H,5-6,8,18-26H2,1-4H3,(H,49,50)/t34-/m1/s1. The Kier molecular flexibility index (Phi) is 13.4. The lowest BCUT2D eigenvalue weighted by Gasteiger charge is -2.32. The summed E-state index contributed by atoms with van der Waals surface area (Å²) < 4.78 is 20.7. The number of nitrogens with zero attached hydrogens (tertiary/aromatic N) is 6. The maximum Gasteiger partial charge on any atom is 0.345 e. The lowest BCUT2D eigenvalue weighted by molar-refractivity contribution is -0.145. The van der Waals surface area contributed by atoms with Crippen LogP contribution in [0.15, 0.2) is 55.0 Å². The molecule has 4 heterocycles. The Bertz CT molecular complexity index is 2120. The molecule has 3 aromatic heterocycles. The average molecular weight is 771 g/mol. The largest absolute Gasteiger partial charge is 0.491 e. The van der Waals surface area contributed by atoms with Gasteiger partial charge in [0.05, 0.1) is 21.0 Å². The van der Waals surface area contributed by atoms with Gasteiger partial charge in [-0.15, -0.1) is 11.3 Å². The van der Waals surface area contributed by atoms with E-state index >= 15 is 0 Å². The molecule has 1 N–H and O–H groups in total. The SMILES string of the molecule is CCC#Cc1sc2ncnc(O[C@H](Cc3ccccc3OCc3ccnn3CCCC)C(=O)O)c2c1-c1ccc(OCCN2CCN(C)CC2)c(Cl)c1C. The van der Waals surface area contributed by atoms with E-state index < -0.39 is 12.1 Å². The topological polar surface area (TPSA) is 115 Å². The fraction of sp³-hybridized carbons (Fsp3) is 0.415. The number of aryl methyl sites for hydroxylation is 1. The summed E-state index contributed by atoms with van der Waals surface area (Å²) >= 11 is 8.40. The summed E-state index contributed by atoms with van der Waals surface area (Å²) in [5.41, 5.74) is 4.02. The van der Waals surface area contributed by atoms with Crippen LogP contribution in [0.5, 0.6) is 17.4 Å². The number of aliphatic carboxylic acids is 1. The molecule has 6 rings (SSSR count). The Labute approximate surface area is 325 Å². The molecule has 1 atom stereocenters. The molecule has 0 bridgehead atoms. The lowest BCUT2D eigenvalue weighted by Crippen LogP contribution is -2.45. The quantitative estimate of drug-likeness (QED) is 0.102. The molecule has 284 valence electrons. The Morgan fingerprint density at radius 1 is 1.04 bits per heavy atom. The molecular weight excluding hydrogens is 724 g/mol. The Morgan fingerprint density at radius 3 is 2.63 bits per heavy atom. The lowest BCUT2D eigenvalue weighted by atomic mass is 9.98. The second kappa shape index (κ2) is 18.6. The third kappa shape index (κ3) is 9.33. The number of halogens is 1. The minimum Gasteiger partial charge on any atom is -0.491 e. The highest BCUT2D eigenvalue weighted by atomic mass is 35.5. The molecule has 0 unspecified atom stereocenters. The number of benzene rings is 2. The van der Waals surface area contributed by atoms with E-state index in [1.165, 1.54) is 17.7 Å². The van der Waals surface area contributed by atoms with E-state index in [0.29, 0.717) is 51.9 Å². The number of unbranched alkanes of at least 4 members (excludes halogenated alkanes) is 1. The number of rotatable bonds is 16. The third-order valence-corrected chi connectivity index (χ3v) is 11.0. The van der Waals surface area contributed by atoms with Crippen LogP contribution in [0.3, 0.4) is 0 Å². The molecule has 5 aromatic rings. The molecule has 54 heavy (non-hydrogen) atoms. The highest BCUT2D eigenvalue weighted by Crippen LogP contribution is 2.45. The number of hydrogen-bond donors (Lipinski definition) is 1. The number of piperazine rings is 1.